The smallest absolute Gasteiger partial charge is 0.185 e. The highest BCUT2D eigenvalue weighted by Gasteiger charge is 2.08. The van der Waals surface area contributed by atoms with E-state index in [0.717, 1.165) is 11.1 Å². The molecule has 2 aromatic carbocycles. The Kier molecular flexibility index (Phi) is 6.34. The van der Waals surface area contributed by atoms with Gasteiger partial charge in [-0.05, 0) is 35.4 Å². The van der Waals surface area contributed by atoms with Gasteiger partial charge in [-0.1, -0.05) is 30.3 Å². The molecule has 0 bridgehead atoms. The molecule has 0 fully saturated rings. The average Bonchev–Trinajstić information content (AvgIpc) is 2.64. The fraction of sp³-hybridized carbons (Fsp3) is 0.200. The maximum atomic E-state index is 12.3. The normalized spacial score (nSPS) is 11.0. The maximum Gasteiger partial charge on any atom is 0.185 e. The molecule has 5 nitrogen and oxygen atoms in total. The molecule has 0 amide bonds. The summed E-state index contributed by atoms with van der Waals surface area (Å²) in [4.78, 5) is 12.3. The Hall–Kier alpha value is -3.08. The minimum Gasteiger partial charge on any atom is -0.493 e. The zero-order chi connectivity index (χ0) is 18.2. The highest BCUT2D eigenvalue weighted by Crippen LogP contribution is 2.27. The van der Waals surface area contributed by atoms with E-state index in [-0.39, 0.29) is 5.78 Å². The molecule has 0 N–H and O–H groups in total. The van der Waals surface area contributed by atoms with E-state index in [0.29, 0.717) is 17.1 Å². The second kappa shape index (κ2) is 8.68. The number of benzene rings is 2. The molecular formula is C20H22N2O3. The number of ether oxygens (including phenoxy) is 2. The predicted molar refractivity (Wildman–Crippen MR) is 101 cm³/mol. The summed E-state index contributed by atoms with van der Waals surface area (Å²) in [6.07, 6.45) is 5.11. The Morgan fingerprint density at radius 2 is 1.60 bits per heavy atom. The molecule has 2 aromatic rings. The standard InChI is InChI=1S/C20H22N2O3/c1-22(2)21-14-16-7-5-15(6-8-16)9-11-18(23)17-10-12-19(24-3)20(13-17)25-4/h5-14H,1-4H3/b11-9+,21-14+. The van der Waals surface area contributed by atoms with Crippen LogP contribution in [-0.2, 0) is 0 Å². The van der Waals surface area contributed by atoms with Gasteiger partial charge in [-0.3, -0.25) is 4.79 Å². The largest absolute Gasteiger partial charge is 0.493 e. The molecule has 5 heteroatoms. The number of hydrazone groups is 1. The first-order valence-electron chi connectivity index (χ1n) is 7.79. The monoisotopic (exact) mass is 338 g/mol. The number of rotatable bonds is 7. The third-order valence-corrected chi connectivity index (χ3v) is 3.47. The van der Waals surface area contributed by atoms with Crippen molar-refractivity contribution in [1.29, 1.82) is 0 Å². The van der Waals surface area contributed by atoms with Crippen LogP contribution >= 0.6 is 0 Å². The second-order valence-corrected chi connectivity index (χ2v) is 5.53. The van der Waals surface area contributed by atoms with Crippen LogP contribution in [0.5, 0.6) is 11.5 Å². The SMILES string of the molecule is COc1ccc(C(=O)/C=C/c2ccc(/C=N/N(C)C)cc2)cc1OC. The molecule has 0 aliphatic carbocycles. The molecule has 25 heavy (non-hydrogen) atoms. The third kappa shape index (κ3) is 5.21. The Morgan fingerprint density at radius 1 is 0.960 bits per heavy atom. The first-order valence-corrected chi connectivity index (χ1v) is 7.79. The second-order valence-electron chi connectivity index (χ2n) is 5.53. The molecule has 130 valence electrons. The van der Waals surface area contributed by atoms with Crippen LogP contribution in [0.4, 0.5) is 0 Å². The number of methoxy groups -OCH3 is 2. The van der Waals surface area contributed by atoms with Crippen LogP contribution in [0.25, 0.3) is 6.08 Å². The van der Waals surface area contributed by atoms with Crippen molar-refractivity contribution in [3.05, 3.63) is 65.2 Å². The van der Waals surface area contributed by atoms with Gasteiger partial charge in [0.25, 0.3) is 0 Å². The highest BCUT2D eigenvalue weighted by molar-refractivity contribution is 6.07. The van der Waals surface area contributed by atoms with E-state index in [1.54, 1.807) is 55.8 Å². The van der Waals surface area contributed by atoms with Crippen LogP contribution in [-0.4, -0.2) is 45.3 Å². The average molecular weight is 338 g/mol. The number of hydrogen-bond donors (Lipinski definition) is 0. The van der Waals surface area contributed by atoms with Gasteiger partial charge in [0.1, 0.15) is 0 Å². The molecule has 2 rings (SSSR count). The van der Waals surface area contributed by atoms with Crippen LogP contribution in [0.2, 0.25) is 0 Å². The van der Waals surface area contributed by atoms with Crippen molar-refractivity contribution in [3.8, 4) is 11.5 Å². The van der Waals surface area contributed by atoms with Crippen molar-refractivity contribution in [2.24, 2.45) is 5.10 Å². The van der Waals surface area contributed by atoms with Crippen molar-refractivity contribution >= 4 is 18.1 Å². The first kappa shape index (κ1) is 18.3. The van der Waals surface area contributed by atoms with E-state index in [4.69, 9.17) is 9.47 Å². The van der Waals surface area contributed by atoms with Gasteiger partial charge in [-0.25, -0.2) is 0 Å². The Morgan fingerprint density at radius 3 is 2.20 bits per heavy atom. The lowest BCUT2D eigenvalue weighted by atomic mass is 10.1. The molecule has 0 heterocycles. The Labute approximate surface area is 148 Å². The van der Waals surface area contributed by atoms with E-state index in [1.165, 1.54) is 0 Å². The Bertz CT molecular complexity index is 778. The van der Waals surface area contributed by atoms with Crippen molar-refractivity contribution in [1.82, 2.24) is 5.01 Å². The molecule has 0 radical (unpaired) electrons. The summed E-state index contributed by atoms with van der Waals surface area (Å²) in [7, 11) is 6.84. The Balaban J connectivity index is 2.09. The fourth-order valence-electron chi connectivity index (χ4n) is 2.13. The molecule has 0 saturated heterocycles. The van der Waals surface area contributed by atoms with Crippen LogP contribution in [0.3, 0.4) is 0 Å². The van der Waals surface area contributed by atoms with Gasteiger partial charge in [0, 0.05) is 19.7 Å². The predicted octanol–water partition coefficient (Wildman–Crippen LogP) is 3.50. The summed E-state index contributed by atoms with van der Waals surface area (Å²) >= 11 is 0. The van der Waals surface area contributed by atoms with E-state index in [2.05, 4.69) is 5.10 Å². The number of nitrogens with zero attached hydrogens (tertiary/aromatic N) is 2. The molecule has 0 saturated carbocycles. The number of hydrogen-bond acceptors (Lipinski definition) is 5. The molecule has 0 unspecified atom stereocenters. The minimum absolute atomic E-state index is 0.0980. The molecule has 0 aliphatic heterocycles. The summed E-state index contributed by atoms with van der Waals surface area (Å²) in [6, 6.07) is 12.9. The van der Waals surface area contributed by atoms with Crippen LogP contribution in [0.1, 0.15) is 21.5 Å². The molecule has 0 atom stereocenters. The van der Waals surface area contributed by atoms with E-state index in [9.17, 15) is 4.79 Å². The maximum absolute atomic E-state index is 12.3. The number of ketones is 1. The first-order chi connectivity index (χ1) is 12.0. The van der Waals surface area contributed by atoms with Gasteiger partial charge < -0.3 is 14.5 Å². The fourth-order valence-corrected chi connectivity index (χ4v) is 2.13. The van der Waals surface area contributed by atoms with E-state index >= 15 is 0 Å². The van der Waals surface area contributed by atoms with Gasteiger partial charge >= 0.3 is 0 Å². The number of carbonyl (C=O) groups is 1. The van der Waals surface area contributed by atoms with Gasteiger partial charge in [0.2, 0.25) is 0 Å². The highest BCUT2D eigenvalue weighted by atomic mass is 16.5. The van der Waals surface area contributed by atoms with Crippen LogP contribution < -0.4 is 9.47 Å². The van der Waals surface area contributed by atoms with Crippen molar-refractivity contribution < 1.29 is 14.3 Å². The lowest BCUT2D eigenvalue weighted by Crippen LogP contribution is -2.01. The molecule has 0 aromatic heterocycles. The quantitative estimate of drug-likeness (QED) is 0.336. The molecule has 0 spiro atoms. The summed E-state index contributed by atoms with van der Waals surface area (Å²) < 4.78 is 10.4. The van der Waals surface area contributed by atoms with Crippen molar-refractivity contribution in [2.75, 3.05) is 28.3 Å². The summed E-state index contributed by atoms with van der Waals surface area (Å²) in [5, 5.41) is 5.91. The van der Waals surface area contributed by atoms with Crippen molar-refractivity contribution in [2.45, 2.75) is 0 Å². The van der Waals surface area contributed by atoms with Gasteiger partial charge in [-0.15, -0.1) is 0 Å². The van der Waals surface area contributed by atoms with Gasteiger partial charge in [0.15, 0.2) is 17.3 Å². The topological polar surface area (TPSA) is 51.1 Å². The summed E-state index contributed by atoms with van der Waals surface area (Å²) in [6.45, 7) is 0. The number of allylic oxidation sites excluding steroid dienone is 1. The van der Waals surface area contributed by atoms with Gasteiger partial charge in [-0.2, -0.15) is 5.10 Å². The van der Waals surface area contributed by atoms with Gasteiger partial charge in [0.05, 0.1) is 20.4 Å². The third-order valence-electron chi connectivity index (χ3n) is 3.47. The lowest BCUT2D eigenvalue weighted by molar-refractivity contribution is 0.104. The zero-order valence-electron chi connectivity index (χ0n) is 14.9. The lowest BCUT2D eigenvalue weighted by Gasteiger charge is -2.08. The zero-order valence-corrected chi connectivity index (χ0v) is 14.9. The van der Waals surface area contributed by atoms with E-state index < -0.39 is 0 Å². The van der Waals surface area contributed by atoms with Crippen molar-refractivity contribution in [3.63, 3.8) is 0 Å². The minimum atomic E-state index is -0.0980. The number of carbonyl (C=O) groups excluding carboxylic acids is 1. The molecular weight excluding hydrogens is 316 g/mol. The summed E-state index contributed by atoms with van der Waals surface area (Å²) in [5.41, 5.74) is 2.48. The van der Waals surface area contributed by atoms with Crippen LogP contribution in [0, 0.1) is 0 Å². The summed E-state index contributed by atoms with van der Waals surface area (Å²) in [5.74, 6) is 1.03. The van der Waals surface area contributed by atoms with E-state index in [1.807, 2.05) is 38.4 Å². The van der Waals surface area contributed by atoms with Crippen LogP contribution in [0.15, 0.2) is 53.6 Å². The molecule has 0 aliphatic rings.